The van der Waals surface area contributed by atoms with Crippen LogP contribution in [0.2, 0.25) is 0 Å². The van der Waals surface area contributed by atoms with Gasteiger partial charge in [0.1, 0.15) is 23.7 Å². The molecule has 6 heterocycles. The highest BCUT2D eigenvalue weighted by atomic mass is 15.4. The van der Waals surface area contributed by atoms with Crippen molar-refractivity contribution in [2.75, 3.05) is 23.7 Å². The van der Waals surface area contributed by atoms with E-state index >= 15 is 0 Å². The van der Waals surface area contributed by atoms with E-state index in [1.807, 2.05) is 48.5 Å². The summed E-state index contributed by atoms with van der Waals surface area (Å²) in [5, 5.41) is 9.24. The van der Waals surface area contributed by atoms with Crippen LogP contribution in [0.1, 0.15) is 24.2 Å². The first-order valence-electron chi connectivity index (χ1n) is 15.0. The Morgan fingerprint density at radius 1 is 0.822 bits per heavy atom. The Hall–Kier alpha value is -5.73. The molecule has 6 aromatic rings. The summed E-state index contributed by atoms with van der Waals surface area (Å²) < 4.78 is 2.07. The van der Waals surface area contributed by atoms with Gasteiger partial charge in [0, 0.05) is 49.2 Å². The third-order valence-corrected chi connectivity index (χ3v) is 8.70. The second kappa shape index (κ2) is 11.1. The van der Waals surface area contributed by atoms with Crippen molar-refractivity contribution in [1.29, 1.82) is 5.26 Å². The topological polar surface area (TPSA) is 139 Å². The third-order valence-electron chi connectivity index (χ3n) is 8.70. The summed E-state index contributed by atoms with van der Waals surface area (Å²) in [6.45, 7) is 2.66. The molecule has 2 aromatic carbocycles. The molecule has 2 N–H and O–H groups in total. The number of hydrogen-bond acceptors (Lipinski definition) is 10. The number of hydrogen-bond donors (Lipinski definition) is 1. The number of pyridine rings is 2. The van der Waals surface area contributed by atoms with E-state index in [1.165, 1.54) is 11.9 Å². The summed E-state index contributed by atoms with van der Waals surface area (Å²) in [6, 6.07) is 29.2. The van der Waals surface area contributed by atoms with Crippen LogP contribution in [0.5, 0.6) is 0 Å². The van der Waals surface area contributed by atoms with Crippen molar-refractivity contribution in [2.24, 2.45) is 0 Å². The number of anilines is 2. The van der Waals surface area contributed by atoms with Gasteiger partial charge in [-0.25, -0.2) is 24.9 Å². The molecule has 220 valence electrons. The monoisotopic (exact) mass is 591 g/mol. The molecule has 4 aromatic heterocycles. The van der Waals surface area contributed by atoms with E-state index in [-0.39, 0.29) is 5.82 Å². The van der Waals surface area contributed by atoms with E-state index < -0.39 is 0 Å². The number of nitrogen functional groups attached to an aromatic ring is 1. The van der Waals surface area contributed by atoms with Gasteiger partial charge in [-0.1, -0.05) is 42.5 Å². The Morgan fingerprint density at radius 3 is 2.38 bits per heavy atom. The molecule has 11 heteroatoms. The molecule has 8 rings (SSSR count). The van der Waals surface area contributed by atoms with Crippen molar-refractivity contribution in [3.05, 3.63) is 103 Å². The summed E-state index contributed by atoms with van der Waals surface area (Å²) in [5.74, 6) is 1.89. The van der Waals surface area contributed by atoms with E-state index in [0.29, 0.717) is 29.7 Å². The lowest BCUT2D eigenvalue weighted by molar-refractivity contribution is 0.210. The minimum absolute atomic E-state index is 0.161. The smallest absolute Gasteiger partial charge is 0.236 e. The van der Waals surface area contributed by atoms with Gasteiger partial charge < -0.3 is 10.6 Å². The molecule has 0 radical (unpaired) electrons. The number of benzene rings is 2. The van der Waals surface area contributed by atoms with E-state index in [2.05, 4.69) is 70.7 Å². The minimum Gasteiger partial charge on any atom is -0.383 e. The zero-order valence-electron chi connectivity index (χ0n) is 24.4. The van der Waals surface area contributed by atoms with Crippen molar-refractivity contribution in [3.8, 4) is 34.4 Å². The number of piperazine rings is 1. The average Bonchev–Trinajstić information content (AvgIpc) is 3.59. The molecule has 0 aliphatic carbocycles. The number of nitrogens with zero attached hydrogens (tertiary/aromatic N) is 10. The molecule has 0 spiro atoms. The van der Waals surface area contributed by atoms with E-state index in [9.17, 15) is 5.26 Å². The highest BCUT2D eigenvalue weighted by molar-refractivity contribution is 5.84. The summed E-state index contributed by atoms with van der Waals surface area (Å²) in [7, 11) is 0. The predicted molar refractivity (Wildman–Crippen MR) is 171 cm³/mol. The largest absolute Gasteiger partial charge is 0.383 e. The van der Waals surface area contributed by atoms with Gasteiger partial charge in [0.2, 0.25) is 11.8 Å². The first kappa shape index (κ1) is 26.9. The summed E-state index contributed by atoms with van der Waals surface area (Å²) >= 11 is 0. The number of nitriles is 1. The molecule has 11 nitrogen and oxygen atoms in total. The van der Waals surface area contributed by atoms with Gasteiger partial charge in [0.15, 0.2) is 11.5 Å². The molecule has 2 unspecified atom stereocenters. The number of aromatic nitrogens is 7. The number of likely N-dealkylation sites (tertiary alicyclic amines) is 1. The molecule has 2 aliphatic heterocycles. The first-order chi connectivity index (χ1) is 22.1. The van der Waals surface area contributed by atoms with Gasteiger partial charge in [-0.2, -0.15) is 10.2 Å². The third kappa shape index (κ3) is 4.91. The number of rotatable bonds is 6. The Morgan fingerprint density at radius 2 is 1.62 bits per heavy atom. The Labute approximate surface area is 259 Å². The van der Waals surface area contributed by atoms with Crippen molar-refractivity contribution in [2.45, 2.75) is 31.5 Å². The predicted octanol–water partition coefficient (Wildman–Crippen LogP) is 4.64. The highest BCUT2D eigenvalue weighted by Gasteiger charge is 2.41. The van der Waals surface area contributed by atoms with E-state index in [1.54, 1.807) is 6.20 Å². The van der Waals surface area contributed by atoms with Crippen molar-refractivity contribution in [1.82, 2.24) is 39.4 Å². The standard InChI is InChI=1S/C34H29N11/c35-17-30-38-21-39-34(42-30)44-25-12-13-26(44)20-43(19-25)18-22-8-10-24(11-9-22)45-32(27-7-4-16-37-31(27)36)41-29-15-14-28(40-33(29)45)23-5-2-1-3-6-23/h1-11,14-16,21,25-26H,12-13,18-20H2,(H2,36,37). The molecule has 0 saturated carbocycles. The lowest BCUT2D eigenvalue weighted by atomic mass is 10.1. The maximum absolute atomic E-state index is 9.24. The van der Waals surface area contributed by atoms with E-state index in [4.69, 9.17) is 15.7 Å². The molecule has 2 atom stereocenters. The number of nitrogens with two attached hydrogens (primary N) is 1. The van der Waals surface area contributed by atoms with E-state index in [0.717, 1.165) is 66.1 Å². The fourth-order valence-electron chi connectivity index (χ4n) is 6.68. The zero-order valence-corrected chi connectivity index (χ0v) is 24.4. The fourth-order valence-corrected chi connectivity index (χ4v) is 6.68. The van der Waals surface area contributed by atoms with Gasteiger partial charge in [0.25, 0.3) is 0 Å². The maximum atomic E-state index is 9.24. The van der Waals surface area contributed by atoms with Crippen LogP contribution in [0.25, 0.3) is 39.5 Å². The Kier molecular flexibility index (Phi) is 6.61. The molecule has 2 bridgehead atoms. The maximum Gasteiger partial charge on any atom is 0.236 e. The normalized spacial score (nSPS) is 17.9. The van der Waals surface area contributed by atoms with Gasteiger partial charge >= 0.3 is 0 Å². The molecule has 2 fully saturated rings. The molecular formula is C34H29N11. The van der Waals surface area contributed by atoms with Crippen LogP contribution in [-0.2, 0) is 6.54 Å². The molecule has 2 aliphatic rings. The second-order valence-corrected chi connectivity index (χ2v) is 11.5. The Bertz CT molecular complexity index is 2040. The quantitative estimate of drug-likeness (QED) is 0.291. The van der Waals surface area contributed by atoms with Gasteiger partial charge in [-0.3, -0.25) is 9.47 Å². The zero-order chi connectivity index (χ0) is 30.3. The van der Waals surface area contributed by atoms with Gasteiger partial charge in [-0.05, 0) is 54.8 Å². The Balaban J connectivity index is 1.09. The fraction of sp³-hybridized carbons (Fsp3) is 0.206. The lowest BCUT2D eigenvalue weighted by Gasteiger charge is -2.41. The second-order valence-electron chi connectivity index (χ2n) is 11.5. The van der Waals surface area contributed by atoms with Crippen LogP contribution in [0, 0.1) is 11.3 Å². The first-order valence-corrected chi connectivity index (χ1v) is 15.0. The van der Waals surface area contributed by atoms with Crippen LogP contribution in [0.3, 0.4) is 0 Å². The van der Waals surface area contributed by atoms with Crippen LogP contribution >= 0.6 is 0 Å². The van der Waals surface area contributed by atoms with Crippen LogP contribution in [0.4, 0.5) is 11.8 Å². The van der Waals surface area contributed by atoms with Crippen LogP contribution < -0.4 is 10.6 Å². The highest BCUT2D eigenvalue weighted by Crippen LogP contribution is 2.34. The average molecular weight is 592 g/mol. The number of fused-ring (bicyclic) bond motifs is 3. The summed E-state index contributed by atoms with van der Waals surface area (Å²) in [5.41, 5.74) is 12.7. The number of imidazole rings is 1. The van der Waals surface area contributed by atoms with Crippen molar-refractivity contribution < 1.29 is 0 Å². The van der Waals surface area contributed by atoms with Gasteiger partial charge in [0.05, 0.1) is 11.3 Å². The molecule has 0 amide bonds. The minimum atomic E-state index is 0.161. The summed E-state index contributed by atoms with van der Waals surface area (Å²) in [6.07, 6.45) is 5.29. The SMILES string of the molecule is N#Cc1ncnc(N2C3CCC2CN(Cc2ccc(-n4c(-c5cccnc5N)nc5ccc(-c6ccccc6)nc54)cc2)C3)n1. The van der Waals surface area contributed by atoms with Crippen LogP contribution in [0.15, 0.2) is 91.4 Å². The summed E-state index contributed by atoms with van der Waals surface area (Å²) in [4.78, 5) is 31.9. The van der Waals surface area contributed by atoms with Crippen LogP contribution in [-0.4, -0.2) is 64.5 Å². The molecule has 2 saturated heterocycles. The van der Waals surface area contributed by atoms with Crippen molar-refractivity contribution in [3.63, 3.8) is 0 Å². The molecule has 45 heavy (non-hydrogen) atoms. The lowest BCUT2D eigenvalue weighted by Crippen LogP contribution is -2.54. The van der Waals surface area contributed by atoms with Gasteiger partial charge in [-0.15, -0.1) is 0 Å². The molecular weight excluding hydrogens is 562 g/mol. The van der Waals surface area contributed by atoms with Crippen molar-refractivity contribution >= 4 is 22.9 Å².